The summed E-state index contributed by atoms with van der Waals surface area (Å²) in [6.07, 6.45) is 10.4. The van der Waals surface area contributed by atoms with Gasteiger partial charge in [0.25, 0.3) is 5.91 Å². The minimum Gasteiger partial charge on any atom is -0.437 e. The average Bonchev–Trinajstić information content (AvgIpc) is 3.53. The largest absolute Gasteiger partial charge is 0.437 e. The van der Waals surface area contributed by atoms with E-state index in [4.69, 9.17) is 16.3 Å². The van der Waals surface area contributed by atoms with E-state index in [1.54, 1.807) is 49.2 Å². The van der Waals surface area contributed by atoms with Gasteiger partial charge in [0.2, 0.25) is 5.88 Å². The van der Waals surface area contributed by atoms with Crippen molar-refractivity contribution < 1.29 is 9.53 Å². The summed E-state index contributed by atoms with van der Waals surface area (Å²) >= 11 is 5.95. The molecule has 4 aromatic rings. The Labute approximate surface area is 196 Å². The van der Waals surface area contributed by atoms with Crippen LogP contribution in [0.5, 0.6) is 11.6 Å². The molecule has 8 heteroatoms. The Balaban J connectivity index is 1.38. The number of likely N-dealkylation sites (tertiary alicyclic amines) is 1. The molecule has 3 heterocycles. The number of hydrogen-bond donors (Lipinski definition) is 0. The fraction of sp³-hybridized carbons (Fsp3) is 0.200. The fourth-order valence-corrected chi connectivity index (χ4v) is 4.24. The molecular formula is C25H22ClN5O2. The molecule has 1 saturated heterocycles. The maximum Gasteiger partial charge on any atom is 0.254 e. The van der Waals surface area contributed by atoms with Gasteiger partial charge in [0, 0.05) is 36.1 Å². The molecule has 1 atom stereocenters. The Bertz CT molecular complexity index is 1240. The molecule has 5 rings (SSSR count). The van der Waals surface area contributed by atoms with Crippen LogP contribution in [-0.2, 0) is 6.54 Å². The predicted octanol–water partition coefficient (Wildman–Crippen LogP) is 5.14. The average molecular weight is 460 g/mol. The van der Waals surface area contributed by atoms with Crippen molar-refractivity contribution in [1.29, 1.82) is 0 Å². The number of hydrogen-bond acceptors (Lipinski definition) is 5. The Kier molecular flexibility index (Phi) is 6.04. The Hall–Kier alpha value is -3.71. The highest BCUT2D eigenvalue weighted by Gasteiger charge is 2.33. The molecule has 0 spiro atoms. The fourth-order valence-electron chi connectivity index (χ4n) is 4.11. The van der Waals surface area contributed by atoms with Crippen molar-refractivity contribution >= 4 is 17.5 Å². The monoisotopic (exact) mass is 459 g/mol. The summed E-state index contributed by atoms with van der Waals surface area (Å²) < 4.78 is 7.80. The van der Waals surface area contributed by atoms with Gasteiger partial charge in [0.05, 0.1) is 30.5 Å². The number of carbonyl (C=O) groups is 1. The molecule has 2 aromatic heterocycles. The summed E-state index contributed by atoms with van der Waals surface area (Å²) in [5.74, 6) is 1.01. The Morgan fingerprint density at radius 3 is 2.76 bits per heavy atom. The van der Waals surface area contributed by atoms with Gasteiger partial charge in [-0.05, 0) is 48.7 Å². The molecule has 1 aliphatic rings. The number of carbonyl (C=O) groups excluding carboxylic acids is 1. The quantitative estimate of drug-likeness (QED) is 0.399. The molecular weight excluding hydrogens is 438 g/mol. The van der Waals surface area contributed by atoms with Crippen LogP contribution in [0.3, 0.4) is 0 Å². The lowest BCUT2D eigenvalue weighted by molar-refractivity contribution is 0.0731. The van der Waals surface area contributed by atoms with E-state index < -0.39 is 0 Å². The number of aromatic nitrogens is 4. The van der Waals surface area contributed by atoms with Crippen molar-refractivity contribution in [2.75, 3.05) is 6.54 Å². The highest BCUT2D eigenvalue weighted by molar-refractivity contribution is 6.30. The second kappa shape index (κ2) is 9.42. The van der Waals surface area contributed by atoms with Crippen molar-refractivity contribution in [3.8, 4) is 11.6 Å². The number of amides is 1. The molecule has 0 radical (unpaired) electrons. The van der Waals surface area contributed by atoms with Crippen LogP contribution in [0, 0.1) is 0 Å². The zero-order chi connectivity index (χ0) is 22.6. The molecule has 2 aromatic carbocycles. The molecule has 33 heavy (non-hydrogen) atoms. The normalized spacial score (nSPS) is 15.5. The van der Waals surface area contributed by atoms with Crippen molar-refractivity contribution in [2.45, 2.75) is 25.4 Å². The van der Waals surface area contributed by atoms with E-state index in [1.165, 1.54) is 0 Å². The van der Waals surface area contributed by atoms with Crippen LogP contribution in [0.4, 0.5) is 0 Å². The van der Waals surface area contributed by atoms with Crippen LogP contribution in [0.1, 0.15) is 40.5 Å². The summed E-state index contributed by atoms with van der Waals surface area (Å²) in [4.78, 5) is 28.6. The Morgan fingerprint density at radius 2 is 1.94 bits per heavy atom. The molecule has 1 amide bonds. The first-order chi connectivity index (χ1) is 16.2. The third kappa shape index (κ3) is 4.73. The van der Waals surface area contributed by atoms with Gasteiger partial charge in [-0.25, -0.2) is 9.97 Å². The van der Waals surface area contributed by atoms with Crippen molar-refractivity contribution in [3.63, 3.8) is 0 Å². The van der Waals surface area contributed by atoms with Gasteiger partial charge in [-0.2, -0.15) is 0 Å². The highest BCUT2D eigenvalue weighted by atomic mass is 35.5. The number of ether oxygens (including phenoxy) is 1. The molecule has 0 saturated carbocycles. The van der Waals surface area contributed by atoms with Crippen LogP contribution in [0.25, 0.3) is 0 Å². The van der Waals surface area contributed by atoms with Gasteiger partial charge in [-0.1, -0.05) is 29.8 Å². The number of halogens is 1. The zero-order valence-electron chi connectivity index (χ0n) is 17.8. The minimum atomic E-state index is -0.153. The summed E-state index contributed by atoms with van der Waals surface area (Å²) in [6.45, 7) is 1.26. The maximum absolute atomic E-state index is 13.6. The van der Waals surface area contributed by atoms with Gasteiger partial charge in [-0.15, -0.1) is 0 Å². The molecule has 0 N–H and O–H groups in total. The number of imidazole rings is 1. The van der Waals surface area contributed by atoms with E-state index >= 15 is 0 Å². The molecule has 7 nitrogen and oxygen atoms in total. The molecule has 0 bridgehead atoms. The lowest BCUT2D eigenvalue weighted by Crippen LogP contribution is -2.32. The van der Waals surface area contributed by atoms with Crippen LogP contribution in [0.15, 0.2) is 79.6 Å². The standard InChI is InChI=1S/C25H22ClN5O2/c26-19-7-9-20(10-8-19)33-24-15-28-14-22(29-24)23-6-3-12-31(23)25(32)21-5-2-1-4-18(21)16-30-13-11-27-17-30/h1-2,4-5,7-11,13-15,17,23H,3,6,12,16H2. The van der Waals surface area contributed by atoms with Crippen LogP contribution in [0.2, 0.25) is 5.02 Å². The SMILES string of the molecule is O=C(c1ccccc1Cn1ccnc1)N1CCCC1c1cncc(Oc2ccc(Cl)cc2)n1. The second-order valence-corrected chi connectivity index (χ2v) is 8.32. The first-order valence-corrected chi connectivity index (χ1v) is 11.1. The minimum absolute atomic E-state index is 0.000891. The number of benzene rings is 2. The van der Waals surface area contributed by atoms with E-state index in [2.05, 4.69) is 15.0 Å². The summed E-state index contributed by atoms with van der Waals surface area (Å²) in [5.41, 5.74) is 2.37. The van der Waals surface area contributed by atoms with Crippen molar-refractivity contribution in [3.05, 3.63) is 101 Å². The lowest BCUT2D eigenvalue weighted by atomic mass is 10.0. The molecule has 1 aliphatic heterocycles. The second-order valence-electron chi connectivity index (χ2n) is 7.89. The third-order valence-electron chi connectivity index (χ3n) is 5.68. The maximum atomic E-state index is 13.6. The molecule has 0 aliphatic carbocycles. The van der Waals surface area contributed by atoms with E-state index in [1.807, 2.05) is 39.9 Å². The van der Waals surface area contributed by atoms with Gasteiger partial charge in [-0.3, -0.25) is 9.78 Å². The van der Waals surface area contributed by atoms with E-state index in [0.29, 0.717) is 35.3 Å². The van der Waals surface area contributed by atoms with E-state index in [0.717, 1.165) is 24.1 Å². The van der Waals surface area contributed by atoms with Crippen molar-refractivity contribution in [1.82, 2.24) is 24.4 Å². The van der Waals surface area contributed by atoms with Gasteiger partial charge in [0.15, 0.2) is 0 Å². The molecule has 166 valence electrons. The van der Waals surface area contributed by atoms with E-state index in [-0.39, 0.29) is 11.9 Å². The number of rotatable bonds is 6. The van der Waals surface area contributed by atoms with Crippen LogP contribution >= 0.6 is 11.6 Å². The highest BCUT2D eigenvalue weighted by Crippen LogP contribution is 2.33. The first-order valence-electron chi connectivity index (χ1n) is 10.8. The smallest absolute Gasteiger partial charge is 0.254 e. The molecule has 1 fully saturated rings. The Morgan fingerprint density at radius 1 is 1.09 bits per heavy atom. The summed E-state index contributed by atoms with van der Waals surface area (Å²) in [6, 6.07) is 14.6. The van der Waals surface area contributed by atoms with Crippen LogP contribution in [-0.4, -0.2) is 36.9 Å². The zero-order valence-corrected chi connectivity index (χ0v) is 18.6. The topological polar surface area (TPSA) is 73.1 Å². The first kappa shape index (κ1) is 21.2. The third-order valence-corrected chi connectivity index (χ3v) is 5.93. The lowest BCUT2D eigenvalue weighted by Gasteiger charge is -2.25. The van der Waals surface area contributed by atoms with Crippen molar-refractivity contribution in [2.24, 2.45) is 0 Å². The molecule has 1 unspecified atom stereocenters. The van der Waals surface area contributed by atoms with Crippen LogP contribution < -0.4 is 4.74 Å². The van der Waals surface area contributed by atoms with Gasteiger partial charge >= 0.3 is 0 Å². The van der Waals surface area contributed by atoms with Gasteiger partial charge in [0.1, 0.15) is 5.75 Å². The predicted molar refractivity (Wildman–Crippen MR) is 124 cm³/mol. The van der Waals surface area contributed by atoms with Gasteiger partial charge < -0.3 is 14.2 Å². The summed E-state index contributed by atoms with van der Waals surface area (Å²) in [7, 11) is 0. The van der Waals surface area contributed by atoms with E-state index in [9.17, 15) is 4.79 Å². The number of nitrogens with zero attached hydrogens (tertiary/aromatic N) is 5. The summed E-state index contributed by atoms with van der Waals surface area (Å²) in [5, 5.41) is 0.635.